The molecule has 3 nitrogen and oxygen atoms in total. The smallest absolute Gasteiger partial charge is 0.143 e. The Morgan fingerprint density at radius 2 is 1.76 bits per heavy atom. The molecule has 1 aliphatic rings. The van der Waals surface area contributed by atoms with Crippen molar-refractivity contribution in [3.63, 3.8) is 0 Å². The summed E-state index contributed by atoms with van der Waals surface area (Å²) in [6.07, 6.45) is 0. The topological polar surface area (TPSA) is 34.2 Å². The summed E-state index contributed by atoms with van der Waals surface area (Å²) in [7, 11) is 0. The minimum Gasteiger partial charge on any atom is -0.484 e. The first kappa shape index (κ1) is 16.2. The number of fused-ring (bicyclic) bond motifs is 1. The second-order valence-corrected chi connectivity index (χ2v) is 8.42. The van der Waals surface area contributed by atoms with Crippen molar-refractivity contribution in [1.82, 2.24) is 4.98 Å². The van der Waals surface area contributed by atoms with Crippen molar-refractivity contribution in [2.45, 2.75) is 33.3 Å². The van der Waals surface area contributed by atoms with E-state index in [1.807, 2.05) is 6.07 Å². The number of anilines is 1. The molecule has 0 amide bonds. The molecule has 1 aliphatic heterocycles. The lowest BCUT2D eigenvalue weighted by atomic mass is 10.0. The second kappa shape index (κ2) is 5.88. The van der Waals surface area contributed by atoms with Gasteiger partial charge < -0.3 is 10.1 Å². The van der Waals surface area contributed by atoms with Crippen molar-refractivity contribution in [1.29, 1.82) is 0 Å². The minimum absolute atomic E-state index is 0.177. The molecule has 0 saturated heterocycles. The first-order chi connectivity index (χ1) is 11.9. The number of nitrogens with one attached hydrogen (secondary N) is 1. The summed E-state index contributed by atoms with van der Waals surface area (Å²) in [5.74, 6) is 0.909. The van der Waals surface area contributed by atoms with Crippen LogP contribution in [-0.4, -0.2) is 17.1 Å². The highest BCUT2D eigenvalue weighted by molar-refractivity contribution is 7.15. The zero-order valence-corrected chi connectivity index (χ0v) is 15.8. The number of ether oxygens (including phenoxy) is 1. The average molecular weight is 350 g/mol. The molecule has 2 heterocycles. The Morgan fingerprint density at radius 3 is 2.52 bits per heavy atom. The largest absolute Gasteiger partial charge is 0.484 e. The van der Waals surface area contributed by atoms with Gasteiger partial charge in [-0.1, -0.05) is 29.8 Å². The Morgan fingerprint density at radius 1 is 1.04 bits per heavy atom. The van der Waals surface area contributed by atoms with Crippen LogP contribution in [0.3, 0.4) is 0 Å². The maximum Gasteiger partial charge on any atom is 0.143 e. The maximum absolute atomic E-state index is 6.05. The van der Waals surface area contributed by atoms with Crippen LogP contribution in [0.5, 0.6) is 5.75 Å². The highest BCUT2D eigenvalue weighted by Crippen LogP contribution is 2.39. The van der Waals surface area contributed by atoms with Gasteiger partial charge in [-0.3, -0.25) is 0 Å². The summed E-state index contributed by atoms with van der Waals surface area (Å²) < 4.78 is 6.05. The van der Waals surface area contributed by atoms with Crippen LogP contribution >= 0.6 is 11.3 Å². The normalized spacial score (nSPS) is 15.2. The molecule has 0 unspecified atom stereocenters. The highest BCUT2D eigenvalue weighted by Gasteiger charge is 2.26. The summed E-state index contributed by atoms with van der Waals surface area (Å²) in [4.78, 5) is 6.14. The van der Waals surface area contributed by atoms with Gasteiger partial charge in [0.1, 0.15) is 16.4 Å². The molecular weight excluding hydrogens is 328 g/mol. The van der Waals surface area contributed by atoms with Gasteiger partial charge in [-0.25, -0.2) is 4.98 Å². The molecular formula is C21H22N2OS. The van der Waals surface area contributed by atoms with Crippen molar-refractivity contribution in [2.24, 2.45) is 0 Å². The Kier molecular flexibility index (Phi) is 3.80. The van der Waals surface area contributed by atoms with E-state index in [0.717, 1.165) is 34.2 Å². The molecule has 0 radical (unpaired) electrons. The third-order valence-corrected chi connectivity index (χ3v) is 5.46. The van der Waals surface area contributed by atoms with Crippen LogP contribution in [0.4, 0.5) is 5.69 Å². The van der Waals surface area contributed by atoms with E-state index in [1.54, 1.807) is 11.3 Å². The third kappa shape index (κ3) is 3.14. The van der Waals surface area contributed by atoms with Gasteiger partial charge in [-0.2, -0.15) is 0 Å². The number of aromatic nitrogens is 1. The zero-order chi connectivity index (χ0) is 17.6. The van der Waals surface area contributed by atoms with Crippen molar-refractivity contribution in [3.8, 4) is 27.6 Å². The van der Waals surface area contributed by atoms with Crippen molar-refractivity contribution in [3.05, 3.63) is 52.9 Å². The van der Waals surface area contributed by atoms with Gasteiger partial charge in [0.15, 0.2) is 0 Å². The van der Waals surface area contributed by atoms with E-state index in [9.17, 15) is 0 Å². The van der Waals surface area contributed by atoms with Crippen LogP contribution in [0, 0.1) is 13.8 Å². The number of thiazole rings is 1. The molecule has 3 aromatic rings. The highest BCUT2D eigenvalue weighted by atomic mass is 32.1. The van der Waals surface area contributed by atoms with Gasteiger partial charge in [0.2, 0.25) is 0 Å². The standard InChI is InChI=1S/C21H22N2OS/c1-13-5-7-15(8-6-13)20-23-19(14(2)25-20)16-9-10-18-17(11-16)22-12-21(3,4)24-18/h5-11,22H,12H2,1-4H3. The average Bonchev–Trinajstić information content (AvgIpc) is 2.96. The number of rotatable bonds is 2. The predicted molar refractivity (Wildman–Crippen MR) is 106 cm³/mol. The van der Waals surface area contributed by atoms with Crippen LogP contribution < -0.4 is 10.1 Å². The second-order valence-electron chi connectivity index (χ2n) is 7.22. The molecule has 1 N–H and O–H groups in total. The van der Waals surface area contributed by atoms with E-state index in [-0.39, 0.29) is 5.60 Å². The zero-order valence-electron chi connectivity index (χ0n) is 15.0. The Labute approximate surface area is 152 Å². The van der Waals surface area contributed by atoms with Crippen molar-refractivity contribution < 1.29 is 4.74 Å². The Bertz CT molecular complexity index is 926. The summed E-state index contributed by atoms with van der Waals surface area (Å²) in [6.45, 7) is 9.22. The van der Waals surface area contributed by atoms with E-state index < -0.39 is 0 Å². The predicted octanol–water partition coefficient (Wildman–Crippen LogP) is 5.68. The van der Waals surface area contributed by atoms with Crippen LogP contribution in [0.2, 0.25) is 0 Å². The molecule has 0 aliphatic carbocycles. The molecule has 4 heteroatoms. The summed E-state index contributed by atoms with van der Waals surface area (Å²) in [5.41, 5.74) is 5.48. The van der Waals surface area contributed by atoms with E-state index >= 15 is 0 Å². The van der Waals surface area contributed by atoms with Gasteiger partial charge in [0, 0.05) is 16.0 Å². The number of hydrogen-bond acceptors (Lipinski definition) is 4. The summed E-state index contributed by atoms with van der Waals surface area (Å²) in [6, 6.07) is 14.8. The van der Waals surface area contributed by atoms with Crippen molar-refractivity contribution >= 4 is 17.0 Å². The number of nitrogens with zero attached hydrogens (tertiary/aromatic N) is 1. The quantitative estimate of drug-likeness (QED) is 0.646. The van der Waals surface area contributed by atoms with Gasteiger partial charge in [0.05, 0.1) is 17.9 Å². The molecule has 0 atom stereocenters. The van der Waals surface area contributed by atoms with E-state index in [0.29, 0.717) is 0 Å². The number of hydrogen-bond donors (Lipinski definition) is 1. The molecule has 0 spiro atoms. The molecule has 1 aromatic heterocycles. The summed E-state index contributed by atoms with van der Waals surface area (Å²) >= 11 is 1.74. The Balaban J connectivity index is 1.70. The first-order valence-corrected chi connectivity index (χ1v) is 9.35. The fraction of sp³-hybridized carbons (Fsp3) is 0.286. The van der Waals surface area contributed by atoms with Crippen LogP contribution in [0.1, 0.15) is 24.3 Å². The van der Waals surface area contributed by atoms with Crippen LogP contribution in [-0.2, 0) is 0 Å². The number of benzene rings is 2. The fourth-order valence-electron chi connectivity index (χ4n) is 3.03. The third-order valence-electron chi connectivity index (χ3n) is 4.44. The lowest BCUT2D eigenvalue weighted by Crippen LogP contribution is -2.39. The fourth-order valence-corrected chi connectivity index (χ4v) is 3.97. The molecule has 2 aromatic carbocycles. The van der Waals surface area contributed by atoms with Crippen molar-refractivity contribution in [2.75, 3.05) is 11.9 Å². The maximum atomic E-state index is 6.05. The first-order valence-electron chi connectivity index (χ1n) is 8.53. The summed E-state index contributed by atoms with van der Waals surface area (Å²) in [5, 5.41) is 4.54. The monoisotopic (exact) mass is 350 g/mol. The SMILES string of the molecule is Cc1ccc(-c2nc(-c3ccc4c(c3)NCC(C)(C)O4)c(C)s2)cc1. The lowest BCUT2D eigenvalue weighted by molar-refractivity contribution is 0.116. The molecule has 4 rings (SSSR count). The van der Waals surface area contributed by atoms with Gasteiger partial charge >= 0.3 is 0 Å². The molecule has 25 heavy (non-hydrogen) atoms. The molecule has 0 saturated carbocycles. The lowest BCUT2D eigenvalue weighted by Gasteiger charge is -2.33. The van der Waals surface area contributed by atoms with E-state index in [1.165, 1.54) is 16.0 Å². The van der Waals surface area contributed by atoms with Gasteiger partial charge in [-0.05, 0) is 45.9 Å². The van der Waals surface area contributed by atoms with Gasteiger partial charge in [0.25, 0.3) is 0 Å². The number of aryl methyl sites for hydroxylation is 2. The minimum atomic E-state index is -0.177. The van der Waals surface area contributed by atoms with Crippen LogP contribution in [0.25, 0.3) is 21.8 Å². The molecule has 0 fully saturated rings. The Hall–Kier alpha value is -2.33. The molecule has 128 valence electrons. The van der Waals surface area contributed by atoms with E-state index in [2.05, 4.69) is 69.4 Å². The van der Waals surface area contributed by atoms with Gasteiger partial charge in [-0.15, -0.1) is 11.3 Å². The molecule has 0 bridgehead atoms. The van der Waals surface area contributed by atoms with E-state index in [4.69, 9.17) is 9.72 Å². The van der Waals surface area contributed by atoms with Crippen LogP contribution in [0.15, 0.2) is 42.5 Å².